The molecule has 0 saturated carbocycles. The number of benzene rings is 2. The summed E-state index contributed by atoms with van der Waals surface area (Å²) < 4.78 is 57.1. The molecule has 0 aliphatic rings. The molecule has 0 unspecified atom stereocenters. The smallest absolute Gasteiger partial charge is 0.420 e. The Kier molecular flexibility index (Phi) is 10.4. The molecule has 226 valence electrons. The third-order valence-electron chi connectivity index (χ3n) is 5.59. The summed E-state index contributed by atoms with van der Waals surface area (Å²) in [5.74, 6) is -2.16. The number of hydrogen-bond acceptors (Lipinski definition) is 8. The van der Waals surface area contributed by atoms with Gasteiger partial charge >= 0.3 is 12.3 Å². The molecule has 0 radical (unpaired) electrons. The van der Waals surface area contributed by atoms with Crippen molar-refractivity contribution < 1.29 is 41.8 Å². The maximum atomic E-state index is 13.9. The molecule has 10 nitrogen and oxygen atoms in total. The van der Waals surface area contributed by atoms with Gasteiger partial charge in [-0.05, 0) is 56.2 Å². The number of hydrogen-bond donors (Lipinski definition) is 2. The molecule has 1 aromatic heterocycles. The van der Waals surface area contributed by atoms with Crippen molar-refractivity contribution in [1.82, 2.24) is 4.98 Å². The molecule has 0 bridgehead atoms. The number of pyridine rings is 1. The summed E-state index contributed by atoms with van der Waals surface area (Å²) in [6.45, 7) is 4.56. The molecule has 2 N–H and O–H groups in total. The van der Waals surface area contributed by atoms with Crippen LogP contribution in [0.5, 0.6) is 5.75 Å². The van der Waals surface area contributed by atoms with Crippen LogP contribution in [0, 0.1) is 11.3 Å². The predicted molar refractivity (Wildman–Crippen MR) is 151 cm³/mol. The number of halogens is 3. The van der Waals surface area contributed by atoms with Gasteiger partial charge in [-0.2, -0.15) is 18.4 Å². The first-order valence-corrected chi connectivity index (χ1v) is 12.9. The summed E-state index contributed by atoms with van der Waals surface area (Å²) in [5.41, 5.74) is -1.27. The molecule has 43 heavy (non-hydrogen) atoms. The Morgan fingerprint density at radius 3 is 2.30 bits per heavy atom. The van der Waals surface area contributed by atoms with Crippen molar-refractivity contribution in [2.75, 3.05) is 31.0 Å². The van der Waals surface area contributed by atoms with Gasteiger partial charge in [0, 0.05) is 24.9 Å². The topological polar surface area (TPSA) is 140 Å². The number of nitriles is 1. The minimum atomic E-state index is -4.89. The van der Waals surface area contributed by atoms with Crippen LogP contribution in [0.4, 0.5) is 29.3 Å². The number of carbonyl (C=O) groups is 3. The van der Waals surface area contributed by atoms with E-state index in [0.717, 1.165) is 6.07 Å². The quantitative estimate of drug-likeness (QED) is 0.159. The molecule has 0 aliphatic carbocycles. The first-order valence-electron chi connectivity index (χ1n) is 12.9. The Balaban J connectivity index is 1.89. The molecule has 3 rings (SSSR count). The molecule has 2 amide bonds. The Morgan fingerprint density at radius 2 is 1.65 bits per heavy atom. The fourth-order valence-electron chi connectivity index (χ4n) is 3.76. The van der Waals surface area contributed by atoms with Crippen molar-refractivity contribution in [2.24, 2.45) is 0 Å². The Hall–Kier alpha value is -4.96. The molecule has 3 aromatic rings. The molecule has 0 aliphatic heterocycles. The lowest BCUT2D eigenvalue weighted by molar-refractivity contribution is -0.139. The van der Waals surface area contributed by atoms with E-state index >= 15 is 0 Å². The van der Waals surface area contributed by atoms with Crippen molar-refractivity contribution in [3.8, 4) is 22.9 Å². The van der Waals surface area contributed by atoms with E-state index in [0.29, 0.717) is 17.2 Å². The number of methoxy groups -OCH3 is 1. The van der Waals surface area contributed by atoms with Crippen LogP contribution < -0.4 is 15.4 Å². The van der Waals surface area contributed by atoms with Gasteiger partial charge in [-0.3, -0.25) is 14.9 Å². The monoisotopic (exact) mass is 598 g/mol. The number of aromatic nitrogens is 1. The number of anilines is 2. The second-order valence-corrected chi connectivity index (χ2v) is 10.1. The first-order chi connectivity index (χ1) is 20.2. The lowest BCUT2D eigenvalue weighted by atomic mass is 10.0. The third kappa shape index (κ3) is 9.54. The lowest BCUT2D eigenvalue weighted by Crippen LogP contribution is -2.28. The van der Waals surface area contributed by atoms with E-state index in [-0.39, 0.29) is 30.2 Å². The Morgan fingerprint density at radius 1 is 0.953 bits per heavy atom. The number of nitrogens with zero attached hydrogens (tertiary/aromatic N) is 2. The maximum Gasteiger partial charge on any atom is 0.420 e. The highest BCUT2D eigenvalue weighted by Crippen LogP contribution is 2.41. The van der Waals surface area contributed by atoms with Crippen molar-refractivity contribution in [2.45, 2.75) is 39.0 Å². The first kappa shape index (κ1) is 32.6. The minimum Gasteiger partial charge on any atom is -0.490 e. The standard InChI is InChI=1S/C30H29F3N4O6/c1-29(2,3)43-28(40)37-24-15-26(42-11-10-41-4)22(30(31,32)33)14-23(24)36-27(39)16-25(38)20-7-5-6-18(12-20)19-8-9-35-21(13-19)17-34/h5-9,12-15H,10-11,16H2,1-4H3,(H,36,39)(H,37,40). The highest BCUT2D eigenvalue weighted by molar-refractivity contribution is 6.12. The van der Waals surface area contributed by atoms with Crippen LogP contribution in [0.1, 0.15) is 48.8 Å². The van der Waals surface area contributed by atoms with Crippen molar-refractivity contribution >= 4 is 29.2 Å². The van der Waals surface area contributed by atoms with Gasteiger partial charge in [0.15, 0.2) is 5.78 Å². The normalized spacial score (nSPS) is 11.3. The number of Topliss-reactive ketones (excluding diaryl/α,β-unsaturated/α-hetero) is 1. The van der Waals surface area contributed by atoms with Crippen LogP contribution >= 0.6 is 0 Å². The fraction of sp³-hybridized carbons (Fsp3) is 0.300. The molecule has 0 fully saturated rings. The van der Waals surface area contributed by atoms with E-state index in [9.17, 15) is 27.6 Å². The van der Waals surface area contributed by atoms with Crippen LogP contribution in [0.3, 0.4) is 0 Å². The number of ketones is 1. The van der Waals surface area contributed by atoms with Crippen LogP contribution in [0.15, 0.2) is 54.7 Å². The minimum absolute atomic E-state index is 0.00539. The van der Waals surface area contributed by atoms with E-state index in [1.165, 1.54) is 31.5 Å². The molecule has 0 saturated heterocycles. The summed E-state index contributed by atoms with van der Waals surface area (Å²) in [5, 5.41) is 13.7. The van der Waals surface area contributed by atoms with Gasteiger partial charge in [-0.25, -0.2) is 9.78 Å². The summed E-state index contributed by atoms with van der Waals surface area (Å²) >= 11 is 0. The number of carbonyl (C=O) groups excluding carboxylic acids is 3. The Bertz CT molecular complexity index is 1540. The average Bonchev–Trinajstić information content (AvgIpc) is 2.92. The highest BCUT2D eigenvalue weighted by atomic mass is 19.4. The van der Waals surface area contributed by atoms with Gasteiger partial charge in [0.05, 0.1) is 30.0 Å². The van der Waals surface area contributed by atoms with Gasteiger partial charge in [0.1, 0.15) is 29.7 Å². The predicted octanol–water partition coefficient (Wildman–Crippen LogP) is 6.22. The number of ether oxygens (including phenoxy) is 3. The summed E-state index contributed by atoms with van der Waals surface area (Å²) in [4.78, 5) is 42.3. The second kappa shape index (κ2) is 13.8. The van der Waals surface area contributed by atoms with Gasteiger partial charge < -0.3 is 19.5 Å². The number of rotatable bonds is 10. The van der Waals surface area contributed by atoms with Crippen molar-refractivity contribution in [3.05, 3.63) is 71.5 Å². The van der Waals surface area contributed by atoms with Crippen molar-refractivity contribution in [1.29, 1.82) is 5.26 Å². The van der Waals surface area contributed by atoms with Gasteiger partial charge in [0.2, 0.25) is 5.91 Å². The summed E-state index contributed by atoms with van der Waals surface area (Å²) in [6, 6.07) is 12.9. The van der Waals surface area contributed by atoms with Gasteiger partial charge in [-0.15, -0.1) is 0 Å². The van der Waals surface area contributed by atoms with E-state index in [4.69, 9.17) is 19.5 Å². The molecule has 2 aromatic carbocycles. The summed E-state index contributed by atoms with van der Waals surface area (Å²) in [6.07, 6.45) is -5.15. The molecular weight excluding hydrogens is 569 g/mol. The maximum absolute atomic E-state index is 13.9. The fourth-order valence-corrected chi connectivity index (χ4v) is 3.76. The lowest BCUT2D eigenvalue weighted by Gasteiger charge is -2.22. The summed E-state index contributed by atoms with van der Waals surface area (Å²) in [7, 11) is 1.35. The van der Waals surface area contributed by atoms with Crippen molar-refractivity contribution in [3.63, 3.8) is 0 Å². The third-order valence-corrected chi connectivity index (χ3v) is 5.59. The highest BCUT2D eigenvalue weighted by Gasteiger charge is 2.36. The average molecular weight is 599 g/mol. The number of amides is 2. The number of nitrogens with one attached hydrogen (secondary N) is 2. The van der Waals surface area contributed by atoms with E-state index in [2.05, 4.69) is 15.6 Å². The van der Waals surface area contributed by atoms with E-state index in [1.807, 2.05) is 6.07 Å². The van der Waals surface area contributed by atoms with E-state index in [1.54, 1.807) is 39.0 Å². The van der Waals surface area contributed by atoms with Gasteiger partial charge in [-0.1, -0.05) is 18.2 Å². The number of alkyl halides is 3. The largest absolute Gasteiger partial charge is 0.490 e. The zero-order valence-corrected chi connectivity index (χ0v) is 23.8. The van der Waals surface area contributed by atoms with Crippen LogP contribution in [0.25, 0.3) is 11.1 Å². The SMILES string of the molecule is COCCOc1cc(NC(=O)OC(C)(C)C)c(NC(=O)CC(=O)c2cccc(-c3ccnc(C#N)c3)c2)cc1C(F)(F)F. The molecular formula is C30H29F3N4O6. The van der Waals surface area contributed by atoms with Crippen LogP contribution in [-0.2, 0) is 20.4 Å². The zero-order chi connectivity index (χ0) is 31.8. The van der Waals surface area contributed by atoms with Gasteiger partial charge in [0.25, 0.3) is 0 Å². The Labute approximate surface area is 245 Å². The van der Waals surface area contributed by atoms with Crippen LogP contribution in [0.2, 0.25) is 0 Å². The zero-order valence-electron chi connectivity index (χ0n) is 23.8. The molecule has 0 spiro atoms. The molecule has 0 atom stereocenters. The van der Waals surface area contributed by atoms with Crippen LogP contribution in [-0.4, -0.2) is 48.7 Å². The molecule has 13 heteroatoms. The second-order valence-electron chi connectivity index (χ2n) is 10.1. The van der Waals surface area contributed by atoms with E-state index < -0.39 is 53.0 Å². The molecule has 1 heterocycles.